The molecule has 0 aliphatic carbocycles. The van der Waals surface area contributed by atoms with E-state index in [0.717, 1.165) is 103 Å². The van der Waals surface area contributed by atoms with Crippen molar-refractivity contribution in [2.45, 2.75) is 193 Å². The second-order valence-corrected chi connectivity index (χ2v) is 17.3. The van der Waals surface area contributed by atoms with Crippen molar-refractivity contribution < 1.29 is 47.5 Å². The molecule has 0 bridgehead atoms. The van der Waals surface area contributed by atoms with Crippen LogP contribution in [0.4, 0.5) is 0 Å². The Labute approximate surface area is 387 Å². The highest BCUT2D eigenvalue weighted by Gasteiger charge is 2.28. The van der Waals surface area contributed by atoms with Crippen molar-refractivity contribution in [2.75, 3.05) is 19.8 Å². The highest BCUT2D eigenvalue weighted by molar-refractivity contribution is 7.47. The molecule has 0 fully saturated rings. The number of carbonyl (C=O) groups is 3. The number of ether oxygens (including phenoxy) is 2. The van der Waals surface area contributed by atoms with Gasteiger partial charge in [0, 0.05) is 12.8 Å². The monoisotopic (exact) mass is 916 g/mol. The first-order valence-corrected chi connectivity index (χ1v) is 25.8. The van der Waals surface area contributed by atoms with Crippen LogP contribution in [0.1, 0.15) is 181 Å². The average Bonchev–Trinajstić information content (AvgIpc) is 3.27. The SMILES string of the molecule is CC/C=C\C/C=C\C/C=C\C/C=C\CCCCCCCCCCCCC(=O)OC(COC(=O)CCCCCC/C=C\C/C=C\C/C=C\C/C=C\CC)COP(=O)(O)OCC(N)C(=O)O. The van der Waals surface area contributed by atoms with Crippen LogP contribution in [0.15, 0.2) is 97.2 Å². The third-order valence-electron chi connectivity index (χ3n) is 9.83. The highest BCUT2D eigenvalue weighted by Crippen LogP contribution is 2.43. The molecular weight excluding hydrogens is 830 g/mol. The van der Waals surface area contributed by atoms with E-state index < -0.39 is 51.1 Å². The first-order valence-electron chi connectivity index (χ1n) is 24.3. The minimum Gasteiger partial charge on any atom is -0.480 e. The molecule has 0 radical (unpaired) electrons. The van der Waals surface area contributed by atoms with Gasteiger partial charge in [-0.1, -0.05) is 175 Å². The van der Waals surface area contributed by atoms with Crippen LogP contribution in [0, 0.1) is 0 Å². The van der Waals surface area contributed by atoms with Crippen LogP contribution in [0.2, 0.25) is 0 Å². The fourth-order valence-electron chi connectivity index (χ4n) is 6.11. The Morgan fingerprint density at radius 3 is 1.23 bits per heavy atom. The van der Waals surface area contributed by atoms with E-state index in [1.54, 1.807) is 0 Å². The lowest BCUT2D eigenvalue weighted by Crippen LogP contribution is -2.34. The van der Waals surface area contributed by atoms with Gasteiger partial charge in [0.25, 0.3) is 0 Å². The van der Waals surface area contributed by atoms with Gasteiger partial charge < -0.3 is 25.2 Å². The number of nitrogens with two attached hydrogens (primary N) is 1. The zero-order valence-electron chi connectivity index (χ0n) is 39.6. The number of hydrogen-bond donors (Lipinski definition) is 3. The number of aliphatic carboxylic acids is 1. The number of phosphoric acid groups is 1. The Balaban J connectivity index is 4.33. The van der Waals surface area contributed by atoms with Gasteiger partial charge in [0.15, 0.2) is 6.10 Å². The number of hydrogen-bond acceptors (Lipinski definition) is 9. The van der Waals surface area contributed by atoms with Crippen molar-refractivity contribution in [1.29, 1.82) is 0 Å². The fraction of sp³-hybridized carbons (Fsp3) is 0.635. The zero-order chi connectivity index (χ0) is 47.0. The molecule has 11 nitrogen and oxygen atoms in total. The summed E-state index contributed by atoms with van der Waals surface area (Å²) in [5.41, 5.74) is 5.35. The molecule has 12 heteroatoms. The van der Waals surface area contributed by atoms with Gasteiger partial charge in [0.1, 0.15) is 12.6 Å². The van der Waals surface area contributed by atoms with Gasteiger partial charge in [-0.15, -0.1) is 0 Å². The molecule has 0 heterocycles. The van der Waals surface area contributed by atoms with E-state index in [2.05, 4.69) is 116 Å². The van der Waals surface area contributed by atoms with Gasteiger partial charge in [-0.2, -0.15) is 0 Å². The number of carbonyl (C=O) groups excluding carboxylic acids is 2. The van der Waals surface area contributed by atoms with Gasteiger partial charge in [-0.3, -0.25) is 23.4 Å². The molecule has 0 aromatic carbocycles. The average molecular weight is 916 g/mol. The summed E-state index contributed by atoms with van der Waals surface area (Å²) >= 11 is 0. The Morgan fingerprint density at radius 1 is 0.484 bits per heavy atom. The Bertz CT molecular complexity index is 1450. The van der Waals surface area contributed by atoms with Gasteiger partial charge in [0.2, 0.25) is 0 Å². The number of esters is 2. The van der Waals surface area contributed by atoms with E-state index in [9.17, 15) is 23.8 Å². The first kappa shape index (κ1) is 60.4. The standard InChI is InChI=1S/C52H86NO10P/c1-3-5-7-9-11-13-15-17-19-21-22-23-24-25-26-28-30-32-34-36-38-40-42-44-51(55)63-48(46-61-64(58,59)62-47-49(53)52(56)57)45-60-50(54)43-41-39-37-35-33-31-29-27-20-18-16-14-12-10-8-6-4-2/h5-8,11-14,17-20,22-23,29,31,48-49H,3-4,9-10,15-16,21,24-28,30,32-47,53H2,1-2H3,(H,56,57)(H,58,59)/b7-5-,8-6-,13-11-,14-12-,19-17-,20-18-,23-22-,31-29-. The minimum atomic E-state index is -4.73. The maximum Gasteiger partial charge on any atom is 0.472 e. The normalized spacial score (nSPS) is 14.4. The van der Waals surface area contributed by atoms with E-state index in [1.807, 2.05) is 0 Å². The Kier molecular flexibility index (Phi) is 43.4. The van der Waals surface area contributed by atoms with Gasteiger partial charge in [-0.25, -0.2) is 4.57 Å². The number of carboxylic acid groups (broad SMARTS) is 1. The van der Waals surface area contributed by atoms with Crippen molar-refractivity contribution in [2.24, 2.45) is 5.73 Å². The molecular formula is C52H86NO10P. The lowest BCUT2D eigenvalue weighted by atomic mass is 10.0. The van der Waals surface area contributed by atoms with Crippen LogP contribution in [0.5, 0.6) is 0 Å². The molecule has 0 spiro atoms. The summed E-state index contributed by atoms with van der Waals surface area (Å²) in [5, 5.41) is 8.92. The van der Waals surface area contributed by atoms with Crippen molar-refractivity contribution >= 4 is 25.7 Å². The molecule has 4 N–H and O–H groups in total. The molecule has 0 aromatic rings. The number of carboxylic acids is 1. The fourth-order valence-corrected chi connectivity index (χ4v) is 6.88. The Hall–Kier alpha value is -3.60. The van der Waals surface area contributed by atoms with Crippen LogP contribution >= 0.6 is 7.82 Å². The lowest BCUT2D eigenvalue weighted by molar-refractivity contribution is -0.161. The highest BCUT2D eigenvalue weighted by atomic mass is 31.2. The van der Waals surface area contributed by atoms with E-state index >= 15 is 0 Å². The molecule has 0 amide bonds. The summed E-state index contributed by atoms with van der Waals surface area (Å²) in [4.78, 5) is 46.1. The van der Waals surface area contributed by atoms with Crippen LogP contribution < -0.4 is 5.73 Å². The van der Waals surface area contributed by atoms with Gasteiger partial charge in [-0.05, 0) is 89.9 Å². The smallest absolute Gasteiger partial charge is 0.472 e. The van der Waals surface area contributed by atoms with Crippen molar-refractivity contribution in [3.63, 3.8) is 0 Å². The molecule has 0 saturated carbocycles. The summed E-state index contributed by atoms with van der Waals surface area (Å²) in [6.07, 6.45) is 58.9. The van der Waals surface area contributed by atoms with Crippen molar-refractivity contribution in [1.82, 2.24) is 0 Å². The predicted molar refractivity (Wildman–Crippen MR) is 263 cm³/mol. The first-order chi connectivity index (χ1) is 31.1. The maximum atomic E-state index is 12.7. The van der Waals surface area contributed by atoms with E-state index in [-0.39, 0.29) is 19.4 Å². The maximum absolute atomic E-state index is 12.7. The quantitative estimate of drug-likeness (QED) is 0.0230. The predicted octanol–water partition coefficient (Wildman–Crippen LogP) is 13.6. The molecule has 0 aliphatic heterocycles. The van der Waals surface area contributed by atoms with Crippen LogP contribution in [0.25, 0.3) is 0 Å². The molecule has 0 aliphatic rings. The van der Waals surface area contributed by atoms with Crippen molar-refractivity contribution in [3.05, 3.63) is 97.2 Å². The third-order valence-corrected chi connectivity index (χ3v) is 10.8. The number of rotatable bonds is 44. The largest absolute Gasteiger partial charge is 0.480 e. The van der Waals surface area contributed by atoms with E-state index in [4.69, 9.17) is 24.8 Å². The number of allylic oxidation sites excluding steroid dienone is 16. The second kappa shape index (κ2) is 45.9. The number of phosphoric ester groups is 1. The molecule has 64 heavy (non-hydrogen) atoms. The molecule has 3 unspecified atom stereocenters. The molecule has 0 saturated heterocycles. The number of unbranched alkanes of at least 4 members (excludes halogenated alkanes) is 14. The molecule has 0 aromatic heterocycles. The summed E-state index contributed by atoms with van der Waals surface area (Å²) in [7, 11) is -4.73. The van der Waals surface area contributed by atoms with Crippen molar-refractivity contribution in [3.8, 4) is 0 Å². The topological polar surface area (TPSA) is 172 Å². The summed E-state index contributed by atoms with van der Waals surface area (Å²) in [6.45, 7) is 2.55. The summed E-state index contributed by atoms with van der Waals surface area (Å²) < 4.78 is 32.8. The lowest BCUT2D eigenvalue weighted by Gasteiger charge is -2.20. The molecule has 0 rings (SSSR count). The van der Waals surface area contributed by atoms with E-state index in [0.29, 0.717) is 12.8 Å². The Morgan fingerprint density at radius 2 is 0.828 bits per heavy atom. The molecule has 3 atom stereocenters. The minimum absolute atomic E-state index is 0.144. The zero-order valence-corrected chi connectivity index (χ0v) is 40.5. The summed E-state index contributed by atoms with van der Waals surface area (Å²) in [5.74, 6) is -2.42. The second-order valence-electron chi connectivity index (χ2n) is 15.8. The van der Waals surface area contributed by atoms with Crippen LogP contribution in [0.3, 0.4) is 0 Å². The van der Waals surface area contributed by atoms with Crippen LogP contribution in [-0.4, -0.2) is 59.9 Å². The van der Waals surface area contributed by atoms with E-state index in [1.165, 1.54) is 38.5 Å². The van der Waals surface area contributed by atoms with Gasteiger partial charge in [0.05, 0.1) is 13.2 Å². The van der Waals surface area contributed by atoms with Crippen LogP contribution in [-0.2, 0) is 37.5 Å². The van der Waals surface area contributed by atoms with Gasteiger partial charge >= 0.3 is 25.7 Å². The summed E-state index contributed by atoms with van der Waals surface area (Å²) in [6, 6.07) is -1.53. The molecule has 364 valence electrons. The third kappa shape index (κ3) is 45.0.